The van der Waals surface area contributed by atoms with E-state index in [4.69, 9.17) is 4.74 Å². The van der Waals surface area contributed by atoms with Gasteiger partial charge in [-0.05, 0) is 31.9 Å². The van der Waals surface area contributed by atoms with Crippen LogP contribution in [0.15, 0.2) is 30.3 Å². The molecule has 0 saturated heterocycles. The van der Waals surface area contributed by atoms with Crippen LogP contribution < -0.4 is 10.1 Å². The normalized spacial score (nSPS) is 23.9. The highest BCUT2D eigenvalue weighted by atomic mass is 16.5. The Kier molecular flexibility index (Phi) is 6.05. The highest BCUT2D eigenvalue weighted by Crippen LogP contribution is 2.23. The van der Waals surface area contributed by atoms with Gasteiger partial charge in [0, 0.05) is 18.6 Å². The fourth-order valence-electron chi connectivity index (χ4n) is 2.85. The van der Waals surface area contributed by atoms with E-state index in [9.17, 15) is 9.90 Å². The SMILES string of the molecule is CC(Oc1ccccc1)C(=O)NC1CCCCCC1CO. The van der Waals surface area contributed by atoms with Crippen LogP contribution in [0.3, 0.4) is 0 Å². The number of hydrogen-bond donors (Lipinski definition) is 2. The first kappa shape index (κ1) is 15.8. The molecule has 4 nitrogen and oxygen atoms in total. The van der Waals surface area contributed by atoms with Gasteiger partial charge in [0.05, 0.1) is 0 Å². The van der Waals surface area contributed by atoms with Crippen LogP contribution in [-0.4, -0.2) is 29.8 Å². The molecule has 21 heavy (non-hydrogen) atoms. The molecule has 1 aliphatic rings. The predicted molar refractivity (Wildman–Crippen MR) is 82.1 cm³/mol. The van der Waals surface area contributed by atoms with E-state index in [-0.39, 0.29) is 24.5 Å². The molecule has 4 heteroatoms. The number of carbonyl (C=O) groups is 1. The molecule has 3 unspecified atom stereocenters. The first-order valence-corrected chi connectivity index (χ1v) is 7.83. The third-order valence-electron chi connectivity index (χ3n) is 4.15. The summed E-state index contributed by atoms with van der Waals surface area (Å²) in [6.45, 7) is 1.89. The van der Waals surface area contributed by atoms with Crippen molar-refractivity contribution in [3.05, 3.63) is 30.3 Å². The van der Waals surface area contributed by atoms with Gasteiger partial charge in [-0.25, -0.2) is 0 Å². The second kappa shape index (κ2) is 8.03. The van der Waals surface area contributed by atoms with Crippen molar-refractivity contribution in [2.75, 3.05) is 6.61 Å². The fourth-order valence-corrected chi connectivity index (χ4v) is 2.85. The lowest BCUT2D eigenvalue weighted by Crippen LogP contribution is -2.46. The Bertz CT molecular complexity index is 435. The van der Waals surface area contributed by atoms with Gasteiger partial charge in [0.2, 0.25) is 0 Å². The minimum atomic E-state index is -0.532. The smallest absolute Gasteiger partial charge is 0.261 e. The lowest BCUT2D eigenvalue weighted by atomic mass is 9.95. The van der Waals surface area contributed by atoms with E-state index in [1.165, 1.54) is 6.42 Å². The van der Waals surface area contributed by atoms with Crippen LogP contribution in [0.1, 0.15) is 39.0 Å². The summed E-state index contributed by atoms with van der Waals surface area (Å²) in [5.41, 5.74) is 0. The summed E-state index contributed by atoms with van der Waals surface area (Å²) in [5, 5.41) is 12.5. The largest absolute Gasteiger partial charge is 0.481 e. The molecule has 2 N–H and O–H groups in total. The van der Waals surface area contributed by atoms with Crippen molar-refractivity contribution < 1.29 is 14.6 Å². The zero-order chi connectivity index (χ0) is 15.1. The van der Waals surface area contributed by atoms with E-state index in [0.717, 1.165) is 25.7 Å². The van der Waals surface area contributed by atoms with Gasteiger partial charge < -0.3 is 15.2 Å². The Balaban J connectivity index is 1.89. The van der Waals surface area contributed by atoms with Crippen molar-refractivity contribution in [2.24, 2.45) is 5.92 Å². The monoisotopic (exact) mass is 291 g/mol. The lowest BCUT2D eigenvalue weighted by molar-refractivity contribution is -0.128. The van der Waals surface area contributed by atoms with Gasteiger partial charge >= 0.3 is 0 Å². The van der Waals surface area contributed by atoms with E-state index in [1.807, 2.05) is 30.3 Å². The van der Waals surface area contributed by atoms with Crippen LogP contribution >= 0.6 is 0 Å². The molecule has 2 rings (SSSR count). The van der Waals surface area contributed by atoms with Crippen molar-refractivity contribution in [3.8, 4) is 5.75 Å². The minimum absolute atomic E-state index is 0.0619. The number of hydrogen-bond acceptors (Lipinski definition) is 3. The lowest BCUT2D eigenvalue weighted by Gasteiger charge is -2.26. The predicted octanol–water partition coefficient (Wildman–Crippen LogP) is 2.51. The molecule has 1 saturated carbocycles. The number of nitrogens with one attached hydrogen (secondary N) is 1. The van der Waals surface area contributed by atoms with Crippen LogP contribution in [-0.2, 0) is 4.79 Å². The van der Waals surface area contributed by atoms with E-state index in [2.05, 4.69) is 5.32 Å². The molecular weight excluding hydrogens is 266 g/mol. The van der Waals surface area contributed by atoms with Gasteiger partial charge in [0.25, 0.3) is 5.91 Å². The summed E-state index contributed by atoms with van der Waals surface area (Å²) in [6, 6.07) is 9.42. The molecule has 1 fully saturated rings. The molecule has 0 spiro atoms. The maximum Gasteiger partial charge on any atom is 0.261 e. The fraction of sp³-hybridized carbons (Fsp3) is 0.588. The van der Waals surface area contributed by atoms with E-state index in [1.54, 1.807) is 6.92 Å². The molecule has 1 aromatic carbocycles. The first-order valence-electron chi connectivity index (χ1n) is 7.83. The van der Waals surface area contributed by atoms with Crippen molar-refractivity contribution in [3.63, 3.8) is 0 Å². The van der Waals surface area contributed by atoms with Crippen LogP contribution in [0.25, 0.3) is 0 Å². The van der Waals surface area contributed by atoms with E-state index in [0.29, 0.717) is 5.75 Å². The molecular formula is C17H25NO3. The highest BCUT2D eigenvalue weighted by molar-refractivity contribution is 5.81. The van der Waals surface area contributed by atoms with Crippen LogP contribution in [0.5, 0.6) is 5.75 Å². The zero-order valence-corrected chi connectivity index (χ0v) is 12.6. The maximum atomic E-state index is 12.3. The summed E-state index contributed by atoms with van der Waals surface area (Å²) < 4.78 is 5.64. The number of rotatable bonds is 5. The summed E-state index contributed by atoms with van der Waals surface area (Å²) in [4.78, 5) is 12.3. The second-order valence-electron chi connectivity index (χ2n) is 5.77. The highest BCUT2D eigenvalue weighted by Gasteiger charge is 2.26. The number of benzene rings is 1. The molecule has 3 atom stereocenters. The van der Waals surface area contributed by atoms with Crippen molar-refractivity contribution in [1.82, 2.24) is 5.32 Å². The van der Waals surface area contributed by atoms with Crippen LogP contribution in [0.2, 0.25) is 0 Å². The van der Waals surface area contributed by atoms with Gasteiger partial charge in [-0.2, -0.15) is 0 Å². The number of amides is 1. The standard InChI is InChI=1S/C17H25NO3/c1-13(21-15-9-5-3-6-10-15)17(20)18-16-11-7-2-4-8-14(16)12-19/h3,5-6,9-10,13-14,16,19H,2,4,7-8,11-12H2,1H3,(H,18,20). The Morgan fingerprint density at radius 1 is 1.29 bits per heavy atom. The van der Waals surface area contributed by atoms with Crippen molar-refractivity contribution >= 4 is 5.91 Å². The Labute approximate surface area is 126 Å². The average Bonchev–Trinajstić information content (AvgIpc) is 2.73. The van der Waals surface area contributed by atoms with Gasteiger partial charge in [-0.3, -0.25) is 4.79 Å². The van der Waals surface area contributed by atoms with Crippen LogP contribution in [0, 0.1) is 5.92 Å². The van der Waals surface area contributed by atoms with Gasteiger partial charge in [-0.1, -0.05) is 37.5 Å². The molecule has 0 aliphatic heterocycles. The quantitative estimate of drug-likeness (QED) is 0.820. The topological polar surface area (TPSA) is 58.6 Å². The van der Waals surface area contributed by atoms with E-state index >= 15 is 0 Å². The van der Waals surface area contributed by atoms with Crippen molar-refractivity contribution in [1.29, 1.82) is 0 Å². The zero-order valence-electron chi connectivity index (χ0n) is 12.6. The first-order chi connectivity index (χ1) is 10.2. The minimum Gasteiger partial charge on any atom is -0.481 e. The van der Waals surface area contributed by atoms with Gasteiger partial charge in [-0.15, -0.1) is 0 Å². The van der Waals surface area contributed by atoms with Crippen LogP contribution in [0.4, 0.5) is 0 Å². The number of carbonyl (C=O) groups excluding carboxylic acids is 1. The Morgan fingerprint density at radius 3 is 2.71 bits per heavy atom. The third kappa shape index (κ3) is 4.74. The summed E-state index contributed by atoms with van der Waals surface area (Å²) in [7, 11) is 0. The molecule has 1 aromatic rings. The summed E-state index contributed by atoms with van der Waals surface area (Å²) >= 11 is 0. The van der Waals surface area contributed by atoms with Crippen molar-refractivity contribution in [2.45, 2.75) is 51.2 Å². The molecule has 0 bridgehead atoms. The molecule has 0 radical (unpaired) electrons. The molecule has 0 aromatic heterocycles. The third-order valence-corrected chi connectivity index (χ3v) is 4.15. The number of ether oxygens (including phenoxy) is 1. The Hall–Kier alpha value is -1.55. The van der Waals surface area contributed by atoms with Gasteiger partial charge in [0.1, 0.15) is 5.75 Å². The summed E-state index contributed by atoms with van der Waals surface area (Å²) in [6.07, 6.45) is 4.81. The number of para-hydroxylation sites is 1. The maximum absolute atomic E-state index is 12.3. The van der Waals surface area contributed by atoms with E-state index < -0.39 is 6.10 Å². The van der Waals surface area contributed by atoms with Gasteiger partial charge in [0.15, 0.2) is 6.10 Å². The number of aliphatic hydroxyl groups is 1. The average molecular weight is 291 g/mol. The number of aliphatic hydroxyl groups excluding tert-OH is 1. The second-order valence-corrected chi connectivity index (χ2v) is 5.77. The molecule has 1 aliphatic carbocycles. The molecule has 116 valence electrons. The molecule has 1 amide bonds. The Morgan fingerprint density at radius 2 is 2.00 bits per heavy atom. The molecule has 0 heterocycles. The summed E-state index contributed by atoms with van der Waals surface area (Å²) in [5.74, 6) is 0.754.